The molecule has 0 aromatic carbocycles. The van der Waals surface area contributed by atoms with Crippen LogP contribution >= 0.6 is 0 Å². The van der Waals surface area contributed by atoms with Gasteiger partial charge in [0.2, 0.25) is 5.91 Å². The van der Waals surface area contributed by atoms with E-state index < -0.39 is 0 Å². The smallest absolute Gasteiger partial charge is 0.223 e. The van der Waals surface area contributed by atoms with Crippen LogP contribution in [0.5, 0.6) is 0 Å². The van der Waals surface area contributed by atoms with Crippen molar-refractivity contribution in [2.75, 3.05) is 6.54 Å². The summed E-state index contributed by atoms with van der Waals surface area (Å²) in [4.78, 5) is 11.9. The number of nitrogens with zero attached hydrogens (tertiary/aromatic N) is 2. The maximum atomic E-state index is 11.9. The number of aryl methyl sites for hydroxylation is 2. The SMILES string of the molecule is Cc1cnn(CCCNC(=O)C2CCCCC2)c1. The van der Waals surface area contributed by atoms with Crippen molar-refractivity contribution in [3.8, 4) is 0 Å². The molecule has 1 fully saturated rings. The molecule has 4 heteroatoms. The van der Waals surface area contributed by atoms with Crippen LogP contribution in [-0.2, 0) is 11.3 Å². The fraction of sp³-hybridized carbons (Fsp3) is 0.714. The Hall–Kier alpha value is -1.32. The quantitative estimate of drug-likeness (QED) is 0.814. The molecule has 2 rings (SSSR count). The lowest BCUT2D eigenvalue weighted by Gasteiger charge is -2.20. The van der Waals surface area contributed by atoms with E-state index in [9.17, 15) is 4.79 Å². The molecule has 100 valence electrons. The molecule has 4 nitrogen and oxygen atoms in total. The maximum absolute atomic E-state index is 11.9. The molecule has 18 heavy (non-hydrogen) atoms. The first-order chi connectivity index (χ1) is 8.75. The van der Waals surface area contributed by atoms with Crippen molar-refractivity contribution in [1.29, 1.82) is 0 Å². The molecule has 0 saturated heterocycles. The van der Waals surface area contributed by atoms with E-state index in [0.717, 1.165) is 32.4 Å². The molecule has 0 radical (unpaired) electrons. The maximum Gasteiger partial charge on any atom is 0.223 e. The normalized spacial score (nSPS) is 16.7. The zero-order valence-corrected chi connectivity index (χ0v) is 11.2. The minimum atomic E-state index is 0.256. The number of carbonyl (C=O) groups is 1. The van der Waals surface area contributed by atoms with Gasteiger partial charge in [-0.2, -0.15) is 5.10 Å². The van der Waals surface area contributed by atoms with Crippen molar-refractivity contribution in [3.05, 3.63) is 18.0 Å². The number of aromatic nitrogens is 2. The Morgan fingerprint density at radius 1 is 1.44 bits per heavy atom. The van der Waals surface area contributed by atoms with Crippen LogP contribution in [0, 0.1) is 12.8 Å². The van der Waals surface area contributed by atoms with Crippen LogP contribution in [0.25, 0.3) is 0 Å². The molecule has 1 amide bonds. The van der Waals surface area contributed by atoms with Gasteiger partial charge in [0, 0.05) is 25.2 Å². The van der Waals surface area contributed by atoms with Crippen LogP contribution in [0.4, 0.5) is 0 Å². The van der Waals surface area contributed by atoms with Gasteiger partial charge >= 0.3 is 0 Å². The molecule has 0 atom stereocenters. The van der Waals surface area contributed by atoms with Gasteiger partial charge in [-0.3, -0.25) is 9.48 Å². The predicted molar refractivity (Wildman–Crippen MR) is 71.2 cm³/mol. The molecular weight excluding hydrogens is 226 g/mol. The highest BCUT2D eigenvalue weighted by Gasteiger charge is 2.20. The van der Waals surface area contributed by atoms with E-state index in [-0.39, 0.29) is 11.8 Å². The van der Waals surface area contributed by atoms with Crippen LogP contribution in [0.3, 0.4) is 0 Å². The first-order valence-electron chi connectivity index (χ1n) is 7.02. The summed E-state index contributed by atoms with van der Waals surface area (Å²) >= 11 is 0. The van der Waals surface area contributed by atoms with Crippen molar-refractivity contribution >= 4 is 5.91 Å². The van der Waals surface area contributed by atoms with Gasteiger partial charge in [-0.25, -0.2) is 0 Å². The summed E-state index contributed by atoms with van der Waals surface area (Å²) in [5.74, 6) is 0.525. The summed E-state index contributed by atoms with van der Waals surface area (Å²) in [6.07, 6.45) is 10.7. The molecule has 1 N–H and O–H groups in total. The Balaban J connectivity index is 1.61. The average Bonchev–Trinajstić information content (AvgIpc) is 2.81. The number of hydrogen-bond donors (Lipinski definition) is 1. The monoisotopic (exact) mass is 249 g/mol. The first kappa shape index (κ1) is 13.1. The topological polar surface area (TPSA) is 46.9 Å². The van der Waals surface area contributed by atoms with Crippen molar-refractivity contribution in [2.24, 2.45) is 5.92 Å². The molecule has 1 saturated carbocycles. The highest BCUT2D eigenvalue weighted by atomic mass is 16.1. The van der Waals surface area contributed by atoms with E-state index >= 15 is 0 Å². The van der Waals surface area contributed by atoms with Crippen LogP contribution in [0.2, 0.25) is 0 Å². The van der Waals surface area contributed by atoms with Crippen molar-refractivity contribution in [2.45, 2.75) is 52.0 Å². The van der Waals surface area contributed by atoms with Crippen LogP contribution in [0.15, 0.2) is 12.4 Å². The van der Waals surface area contributed by atoms with Gasteiger partial charge in [0.15, 0.2) is 0 Å². The summed E-state index contributed by atoms with van der Waals surface area (Å²) in [6.45, 7) is 3.67. The van der Waals surface area contributed by atoms with Crippen molar-refractivity contribution < 1.29 is 4.79 Å². The number of hydrogen-bond acceptors (Lipinski definition) is 2. The van der Waals surface area contributed by atoms with E-state index in [1.807, 2.05) is 24.0 Å². The molecule has 0 bridgehead atoms. The molecule has 0 spiro atoms. The summed E-state index contributed by atoms with van der Waals surface area (Å²) < 4.78 is 1.93. The fourth-order valence-electron chi connectivity index (χ4n) is 2.55. The highest BCUT2D eigenvalue weighted by Crippen LogP contribution is 2.23. The number of rotatable bonds is 5. The first-order valence-corrected chi connectivity index (χ1v) is 7.02. The van der Waals surface area contributed by atoms with Crippen LogP contribution in [0.1, 0.15) is 44.1 Å². The molecule has 1 aromatic rings. The largest absolute Gasteiger partial charge is 0.356 e. The lowest BCUT2D eigenvalue weighted by molar-refractivity contribution is -0.125. The van der Waals surface area contributed by atoms with Crippen molar-refractivity contribution in [1.82, 2.24) is 15.1 Å². The molecular formula is C14H23N3O. The van der Waals surface area contributed by atoms with Crippen LogP contribution in [-0.4, -0.2) is 22.2 Å². The molecule has 1 heterocycles. The lowest BCUT2D eigenvalue weighted by Crippen LogP contribution is -2.32. The number of amides is 1. The third-order valence-electron chi connectivity index (χ3n) is 3.60. The Bertz CT molecular complexity index is 380. The predicted octanol–water partition coefficient (Wildman–Crippen LogP) is 2.28. The second kappa shape index (κ2) is 6.57. The van der Waals surface area contributed by atoms with Gasteiger partial charge in [-0.1, -0.05) is 19.3 Å². The number of carbonyl (C=O) groups excluding carboxylic acids is 1. The van der Waals surface area contributed by atoms with E-state index in [4.69, 9.17) is 0 Å². The molecule has 1 aliphatic rings. The molecule has 1 aliphatic carbocycles. The summed E-state index contributed by atoms with van der Waals surface area (Å²) in [7, 11) is 0. The van der Waals surface area contributed by atoms with Gasteiger partial charge in [0.25, 0.3) is 0 Å². The van der Waals surface area contributed by atoms with Gasteiger partial charge in [-0.15, -0.1) is 0 Å². The lowest BCUT2D eigenvalue weighted by atomic mass is 9.89. The molecule has 0 unspecified atom stereocenters. The Labute approximate surface area is 109 Å². The van der Waals surface area contributed by atoms with E-state index in [0.29, 0.717) is 0 Å². The van der Waals surface area contributed by atoms with Gasteiger partial charge in [0.1, 0.15) is 0 Å². The highest BCUT2D eigenvalue weighted by molar-refractivity contribution is 5.78. The van der Waals surface area contributed by atoms with E-state index in [1.165, 1.54) is 24.8 Å². The fourth-order valence-corrected chi connectivity index (χ4v) is 2.55. The van der Waals surface area contributed by atoms with Gasteiger partial charge in [-0.05, 0) is 31.7 Å². The van der Waals surface area contributed by atoms with Gasteiger partial charge in [0.05, 0.1) is 6.20 Å². The van der Waals surface area contributed by atoms with E-state index in [1.54, 1.807) is 0 Å². The minimum Gasteiger partial charge on any atom is -0.356 e. The minimum absolute atomic E-state index is 0.256. The Morgan fingerprint density at radius 2 is 2.22 bits per heavy atom. The number of nitrogens with one attached hydrogen (secondary N) is 1. The van der Waals surface area contributed by atoms with Crippen molar-refractivity contribution in [3.63, 3.8) is 0 Å². The van der Waals surface area contributed by atoms with Gasteiger partial charge < -0.3 is 5.32 Å². The van der Waals surface area contributed by atoms with Crippen LogP contribution < -0.4 is 5.32 Å². The standard InChI is InChI=1S/C14H23N3O/c1-12-10-16-17(11-12)9-5-8-15-14(18)13-6-3-2-4-7-13/h10-11,13H,2-9H2,1H3,(H,15,18). The Morgan fingerprint density at radius 3 is 2.89 bits per heavy atom. The zero-order valence-electron chi connectivity index (χ0n) is 11.2. The third kappa shape index (κ3) is 3.86. The summed E-state index contributed by atoms with van der Waals surface area (Å²) in [6, 6.07) is 0. The summed E-state index contributed by atoms with van der Waals surface area (Å²) in [5.41, 5.74) is 1.18. The second-order valence-corrected chi connectivity index (χ2v) is 5.26. The molecule has 0 aliphatic heterocycles. The van der Waals surface area contributed by atoms with E-state index in [2.05, 4.69) is 10.4 Å². The zero-order chi connectivity index (χ0) is 12.8. The third-order valence-corrected chi connectivity index (χ3v) is 3.60. The molecule has 1 aromatic heterocycles. The second-order valence-electron chi connectivity index (χ2n) is 5.26. The average molecular weight is 249 g/mol. The summed E-state index contributed by atoms with van der Waals surface area (Å²) in [5, 5.41) is 7.28. The Kier molecular flexibility index (Phi) is 4.79.